The van der Waals surface area contributed by atoms with Crippen LogP contribution in [-0.4, -0.2) is 73.3 Å². The zero-order chi connectivity index (χ0) is 30.3. The zero-order valence-electron chi connectivity index (χ0n) is 23.9. The van der Waals surface area contributed by atoms with E-state index in [0.29, 0.717) is 50.2 Å². The van der Waals surface area contributed by atoms with Crippen molar-refractivity contribution < 1.29 is 28.5 Å². The van der Waals surface area contributed by atoms with E-state index in [1.165, 1.54) is 6.20 Å². The van der Waals surface area contributed by atoms with Gasteiger partial charge in [-0.2, -0.15) is 0 Å². The summed E-state index contributed by atoms with van der Waals surface area (Å²) in [5, 5.41) is 9.49. The first-order valence-corrected chi connectivity index (χ1v) is 14.1. The standard InChI is InChI=1S/C27H39Cl2N5O7/c1-5-39-23(35)18-34-22(29)17-32-24(25(34)36)31-11-10-30-9-6-12-38-13-14-40-21-8-7-20(28)15-19(21)16-33-26(37)41-27(2,3)4/h7-8,15,17,30H,5-6,9-14,16,18H2,1-4H3,(H,31,32)(H,33,37). The van der Waals surface area contributed by atoms with Crippen LogP contribution in [0.5, 0.6) is 5.75 Å². The van der Waals surface area contributed by atoms with Gasteiger partial charge in [0.15, 0.2) is 5.82 Å². The molecule has 41 heavy (non-hydrogen) atoms. The lowest BCUT2D eigenvalue weighted by molar-refractivity contribution is -0.143. The van der Waals surface area contributed by atoms with Gasteiger partial charge in [0.1, 0.15) is 29.7 Å². The van der Waals surface area contributed by atoms with E-state index >= 15 is 0 Å². The van der Waals surface area contributed by atoms with Gasteiger partial charge in [0.05, 0.1) is 19.4 Å². The van der Waals surface area contributed by atoms with Gasteiger partial charge >= 0.3 is 12.1 Å². The maximum Gasteiger partial charge on any atom is 0.407 e. The van der Waals surface area contributed by atoms with Gasteiger partial charge in [0, 0.05) is 36.8 Å². The van der Waals surface area contributed by atoms with Crippen molar-refractivity contribution in [3.63, 3.8) is 0 Å². The van der Waals surface area contributed by atoms with Crippen molar-refractivity contribution >= 4 is 41.1 Å². The Balaban J connectivity index is 1.61. The Morgan fingerprint density at radius 3 is 2.59 bits per heavy atom. The molecule has 228 valence electrons. The van der Waals surface area contributed by atoms with Crippen molar-refractivity contribution in [2.24, 2.45) is 0 Å². The second-order valence-electron chi connectivity index (χ2n) is 9.72. The molecule has 0 radical (unpaired) electrons. The smallest absolute Gasteiger partial charge is 0.407 e. The molecule has 2 aromatic rings. The highest BCUT2D eigenvalue weighted by Gasteiger charge is 2.17. The molecule has 1 heterocycles. The average Bonchev–Trinajstić information content (AvgIpc) is 2.89. The number of halogens is 2. The van der Waals surface area contributed by atoms with Gasteiger partial charge in [-0.15, -0.1) is 0 Å². The lowest BCUT2D eigenvalue weighted by Gasteiger charge is -2.20. The molecule has 2 rings (SSSR count). The molecule has 0 saturated carbocycles. The van der Waals surface area contributed by atoms with Gasteiger partial charge in [-0.05, 0) is 58.9 Å². The minimum absolute atomic E-state index is 0.0564. The summed E-state index contributed by atoms with van der Waals surface area (Å²) in [7, 11) is 0. The molecular formula is C27H39Cl2N5O7. The number of benzene rings is 1. The van der Waals surface area contributed by atoms with Crippen molar-refractivity contribution in [1.82, 2.24) is 20.2 Å². The minimum Gasteiger partial charge on any atom is -0.491 e. The zero-order valence-corrected chi connectivity index (χ0v) is 25.4. The quantitative estimate of drug-likeness (QED) is 0.178. The molecule has 0 spiro atoms. The Hall–Kier alpha value is -3.06. The van der Waals surface area contributed by atoms with E-state index in [4.69, 9.17) is 42.1 Å². The Kier molecular flexibility index (Phi) is 14.7. The number of nitrogens with one attached hydrogen (secondary N) is 3. The summed E-state index contributed by atoms with van der Waals surface area (Å²) in [6.07, 6.45) is 1.57. The van der Waals surface area contributed by atoms with Gasteiger partial charge in [-0.25, -0.2) is 9.78 Å². The highest BCUT2D eigenvalue weighted by Crippen LogP contribution is 2.23. The lowest BCUT2D eigenvalue weighted by Crippen LogP contribution is -2.32. The molecule has 0 bridgehead atoms. The Morgan fingerprint density at radius 2 is 1.85 bits per heavy atom. The van der Waals surface area contributed by atoms with Gasteiger partial charge in [0.2, 0.25) is 0 Å². The number of hydrogen-bond acceptors (Lipinski definition) is 10. The van der Waals surface area contributed by atoms with E-state index < -0.39 is 23.2 Å². The molecule has 1 amide bonds. The second kappa shape index (κ2) is 17.7. The molecule has 12 nitrogen and oxygen atoms in total. The summed E-state index contributed by atoms with van der Waals surface area (Å²) in [5.74, 6) is 0.158. The minimum atomic E-state index is -0.588. The van der Waals surface area contributed by atoms with E-state index in [9.17, 15) is 14.4 Å². The first-order valence-electron chi connectivity index (χ1n) is 13.3. The predicted molar refractivity (Wildman–Crippen MR) is 157 cm³/mol. The van der Waals surface area contributed by atoms with Crippen molar-refractivity contribution in [2.75, 3.05) is 51.4 Å². The van der Waals surface area contributed by atoms with Gasteiger partial charge < -0.3 is 34.9 Å². The van der Waals surface area contributed by atoms with Crippen LogP contribution in [0.2, 0.25) is 10.2 Å². The van der Waals surface area contributed by atoms with Gasteiger partial charge in [0.25, 0.3) is 5.56 Å². The van der Waals surface area contributed by atoms with Crippen LogP contribution in [0.4, 0.5) is 10.6 Å². The van der Waals surface area contributed by atoms with Crippen molar-refractivity contribution in [2.45, 2.75) is 52.8 Å². The topological polar surface area (TPSA) is 142 Å². The second-order valence-corrected chi connectivity index (χ2v) is 10.5. The van der Waals surface area contributed by atoms with Crippen LogP contribution in [0.25, 0.3) is 0 Å². The van der Waals surface area contributed by atoms with E-state index in [-0.39, 0.29) is 30.7 Å². The van der Waals surface area contributed by atoms with Crippen molar-refractivity contribution in [1.29, 1.82) is 0 Å². The number of amides is 1. The number of hydrogen-bond donors (Lipinski definition) is 3. The number of carbonyl (C=O) groups excluding carboxylic acids is 2. The lowest BCUT2D eigenvalue weighted by atomic mass is 10.2. The molecule has 0 aliphatic carbocycles. The third kappa shape index (κ3) is 13.4. The number of rotatable bonds is 17. The normalized spacial score (nSPS) is 11.2. The van der Waals surface area contributed by atoms with Gasteiger partial charge in [-0.3, -0.25) is 14.2 Å². The molecule has 3 N–H and O–H groups in total. The highest BCUT2D eigenvalue weighted by atomic mass is 35.5. The van der Waals surface area contributed by atoms with Crippen molar-refractivity contribution in [3.8, 4) is 5.75 Å². The van der Waals surface area contributed by atoms with E-state index in [0.717, 1.165) is 16.6 Å². The van der Waals surface area contributed by atoms with Crippen LogP contribution < -0.4 is 26.2 Å². The Labute approximate surface area is 250 Å². The molecule has 0 saturated heterocycles. The first-order chi connectivity index (χ1) is 19.5. The number of alkyl carbamates (subject to hydrolysis) is 1. The molecule has 0 fully saturated rings. The highest BCUT2D eigenvalue weighted by molar-refractivity contribution is 6.30. The predicted octanol–water partition coefficient (Wildman–Crippen LogP) is 3.63. The number of carbonyl (C=O) groups is 2. The molecule has 1 aromatic carbocycles. The molecule has 0 aliphatic heterocycles. The number of anilines is 1. The summed E-state index contributed by atoms with van der Waals surface area (Å²) in [6, 6.07) is 5.21. The van der Waals surface area contributed by atoms with E-state index in [1.807, 2.05) is 0 Å². The molecule has 1 aromatic heterocycles. The van der Waals surface area contributed by atoms with Crippen LogP contribution in [0.1, 0.15) is 39.7 Å². The monoisotopic (exact) mass is 615 g/mol. The fraction of sp³-hybridized carbons (Fsp3) is 0.556. The fourth-order valence-electron chi connectivity index (χ4n) is 3.39. The number of aromatic nitrogens is 2. The van der Waals surface area contributed by atoms with Crippen LogP contribution in [0.15, 0.2) is 29.2 Å². The van der Waals surface area contributed by atoms with Crippen LogP contribution in [0.3, 0.4) is 0 Å². The number of ether oxygens (including phenoxy) is 4. The Morgan fingerprint density at radius 1 is 1.07 bits per heavy atom. The summed E-state index contributed by atoms with van der Waals surface area (Å²) < 4.78 is 22.7. The summed E-state index contributed by atoms with van der Waals surface area (Å²) in [4.78, 5) is 40.2. The SMILES string of the molecule is CCOC(=O)Cn1c(Cl)cnc(NCCNCCCOCCOc2ccc(Cl)cc2CNC(=O)OC(C)(C)C)c1=O. The van der Waals surface area contributed by atoms with Crippen molar-refractivity contribution in [3.05, 3.63) is 50.5 Å². The van der Waals surface area contributed by atoms with Crippen LogP contribution in [-0.2, 0) is 32.1 Å². The third-order valence-electron chi connectivity index (χ3n) is 5.16. The van der Waals surface area contributed by atoms with E-state index in [1.54, 1.807) is 45.9 Å². The Bertz CT molecular complexity index is 1190. The molecule has 0 aliphatic rings. The first kappa shape index (κ1) is 34.1. The average molecular weight is 617 g/mol. The summed E-state index contributed by atoms with van der Waals surface area (Å²) in [6.45, 7) is 10.2. The molecular weight excluding hydrogens is 577 g/mol. The maximum absolute atomic E-state index is 12.5. The molecule has 14 heteroatoms. The molecule has 0 atom stereocenters. The number of esters is 1. The largest absolute Gasteiger partial charge is 0.491 e. The summed E-state index contributed by atoms with van der Waals surface area (Å²) >= 11 is 12.1. The fourth-order valence-corrected chi connectivity index (χ4v) is 3.77. The summed E-state index contributed by atoms with van der Waals surface area (Å²) in [5.41, 5.74) is -0.353. The van der Waals surface area contributed by atoms with Gasteiger partial charge in [-0.1, -0.05) is 23.2 Å². The number of nitrogens with zero attached hydrogens (tertiary/aromatic N) is 2. The third-order valence-corrected chi connectivity index (χ3v) is 5.70. The van der Waals surface area contributed by atoms with E-state index in [2.05, 4.69) is 20.9 Å². The maximum atomic E-state index is 12.5. The van der Waals surface area contributed by atoms with Crippen LogP contribution >= 0.6 is 23.2 Å². The van der Waals surface area contributed by atoms with Crippen LogP contribution in [0, 0.1) is 0 Å². The molecule has 0 unspecified atom stereocenters.